The summed E-state index contributed by atoms with van der Waals surface area (Å²) >= 11 is 0.999. The first-order chi connectivity index (χ1) is 8.47. The van der Waals surface area contributed by atoms with Gasteiger partial charge in [0.15, 0.2) is 10.8 Å². The van der Waals surface area contributed by atoms with Gasteiger partial charge in [-0.05, 0) is 5.56 Å². The molecule has 0 bridgehead atoms. The first-order valence-corrected chi connectivity index (χ1v) is 6.12. The summed E-state index contributed by atoms with van der Waals surface area (Å²) in [5.74, 6) is 0. The van der Waals surface area contributed by atoms with Gasteiger partial charge in [-0.25, -0.2) is 4.98 Å². The van der Waals surface area contributed by atoms with Crippen LogP contribution >= 0.6 is 11.3 Å². The Morgan fingerprint density at radius 2 is 1.89 bits per heavy atom. The Hall–Kier alpha value is -1.56. The fourth-order valence-corrected chi connectivity index (χ4v) is 2.29. The summed E-state index contributed by atoms with van der Waals surface area (Å²) < 4.78 is 37.3. The largest absolute Gasteiger partial charge is 0.434 e. The highest BCUT2D eigenvalue weighted by molar-refractivity contribution is 7.13. The van der Waals surface area contributed by atoms with Crippen molar-refractivity contribution < 1.29 is 13.2 Å². The summed E-state index contributed by atoms with van der Waals surface area (Å²) in [6, 6.07) is 9.54. The van der Waals surface area contributed by atoms with Crippen molar-refractivity contribution in [3.05, 3.63) is 47.0 Å². The lowest BCUT2D eigenvalue weighted by Crippen LogP contribution is -2.16. The number of nitrogens with zero attached hydrogens (tertiary/aromatic N) is 2. The molecule has 0 amide bonds. The zero-order chi connectivity index (χ0) is 13.2. The van der Waals surface area contributed by atoms with Gasteiger partial charge in [0.2, 0.25) is 0 Å². The number of aromatic nitrogens is 1. The van der Waals surface area contributed by atoms with Gasteiger partial charge in [-0.3, -0.25) is 0 Å². The third-order valence-corrected chi connectivity index (χ3v) is 3.33. The van der Waals surface area contributed by atoms with Gasteiger partial charge in [0, 0.05) is 19.0 Å². The predicted molar refractivity (Wildman–Crippen MR) is 65.7 cm³/mol. The lowest BCUT2D eigenvalue weighted by Gasteiger charge is -2.15. The van der Waals surface area contributed by atoms with Crippen molar-refractivity contribution in [3.63, 3.8) is 0 Å². The van der Waals surface area contributed by atoms with Crippen LogP contribution in [0.2, 0.25) is 0 Å². The minimum absolute atomic E-state index is 0.367. The molecule has 0 spiro atoms. The average Bonchev–Trinajstić information content (AvgIpc) is 2.79. The maximum atomic E-state index is 12.4. The Labute approximate surface area is 107 Å². The van der Waals surface area contributed by atoms with Crippen LogP contribution in [0.4, 0.5) is 18.3 Å². The summed E-state index contributed by atoms with van der Waals surface area (Å²) in [4.78, 5) is 5.30. The van der Waals surface area contributed by atoms with Gasteiger partial charge in [0.05, 0.1) is 0 Å². The second-order valence-electron chi connectivity index (χ2n) is 3.85. The van der Waals surface area contributed by atoms with Crippen LogP contribution in [0.5, 0.6) is 0 Å². The standard InChI is InChI=1S/C12H11F3N2S/c1-17(7-9-5-3-2-4-6-9)11-16-10(8-18-11)12(13,14)15/h2-6,8H,7H2,1H3. The van der Waals surface area contributed by atoms with E-state index >= 15 is 0 Å². The third-order valence-electron chi connectivity index (χ3n) is 2.37. The van der Waals surface area contributed by atoms with Gasteiger partial charge in [-0.2, -0.15) is 13.2 Å². The normalized spacial score (nSPS) is 11.6. The van der Waals surface area contributed by atoms with E-state index in [4.69, 9.17) is 0 Å². The van der Waals surface area contributed by atoms with Crippen LogP contribution in [0.15, 0.2) is 35.7 Å². The number of benzene rings is 1. The molecular weight excluding hydrogens is 261 g/mol. The maximum absolute atomic E-state index is 12.4. The van der Waals surface area contributed by atoms with Crippen LogP contribution in [0.25, 0.3) is 0 Å². The second-order valence-corrected chi connectivity index (χ2v) is 4.69. The fraction of sp³-hybridized carbons (Fsp3) is 0.250. The van der Waals surface area contributed by atoms with E-state index in [9.17, 15) is 13.2 Å². The van der Waals surface area contributed by atoms with Crippen molar-refractivity contribution in [2.75, 3.05) is 11.9 Å². The zero-order valence-corrected chi connectivity index (χ0v) is 10.4. The van der Waals surface area contributed by atoms with Crippen molar-refractivity contribution in [1.29, 1.82) is 0 Å². The first-order valence-electron chi connectivity index (χ1n) is 5.24. The van der Waals surface area contributed by atoms with Crippen LogP contribution in [-0.4, -0.2) is 12.0 Å². The van der Waals surface area contributed by atoms with Gasteiger partial charge >= 0.3 is 6.18 Å². The van der Waals surface area contributed by atoms with Crippen LogP contribution in [0.3, 0.4) is 0 Å². The molecule has 1 aromatic heterocycles. The molecule has 0 unspecified atom stereocenters. The fourth-order valence-electron chi connectivity index (χ4n) is 1.49. The Balaban J connectivity index is 2.10. The summed E-state index contributed by atoms with van der Waals surface area (Å²) in [6.07, 6.45) is -4.37. The molecule has 0 saturated heterocycles. The number of halogens is 3. The molecule has 0 aliphatic heterocycles. The van der Waals surface area contributed by atoms with E-state index in [0.29, 0.717) is 11.7 Å². The molecule has 6 heteroatoms. The lowest BCUT2D eigenvalue weighted by molar-refractivity contribution is -0.140. The first kappa shape index (κ1) is 12.9. The van der Waals surface area contributed by atoms with Crippen molar-refractivity contribution in [1.82, 2.24) is 4.98 Å². The molecule has 0 radical (unpaired) electrons. The monoisotopic (exact) mass is 272 g/mol. The zero-order valence-electron chi connectivity index (χ0n) is 9.61. The van der Waals surface area contributed by atoms with Gasteiger partial charge in [-0.15, -0.1) is 11.3 Å². The van der Waals surface area contributed by atoms with E-state index in [0.717, 1.165) is 22.3 Å². The minimum Gasteiger partial charge on any atom is -0.347 e. The Kier molecular flexibility index (Phi) is 3.56. The SMILES string of the molecule is CN(Cc1ccccc1)c1nc(C(F)(F)F)cs1. The molecule has 0 atom stereocenters. The summed E-state index contributed by atoms with van der Waals surface area (Å²) in [6.45, 7) is 0.533. The summed E-state index contributed by atoms with van der Waals surface area (Å²) in [7, 11) is 1.73. The van der Waals surface area contributed by atoms with E-state index in [2.05, 4.69) is 4.98 Å². The summed E-state index contributed by atoms with van der Waals surface area (Å²) in [5.41, 5.74) is 0.200. The van der Waals surface area contributed by atoms with Crippen LogP contribution in [0.1, 0.15) is 11.3 Å². The van der Waals surface area contributed by atoms with Crippen molar-refractivity contribution in [3.8, 4) is 0 Å². The van der Waals surface area contributed by atoms with E-state index in [1.807, 2.05) is 30.3 Å². The molecule has 0 aliphatic rings. The molecule has 0 aliphatic carbocycles. The average molecular weight is 272 g/mol. The quantitative estimate of drug-likeness (QED) is 0.845. The van der Waals surface area contributed by atoms with Crippen LogP contribution < -0.4 is 4.90 Å². The third kappa shape index (κ3) is 3.01. The van der Waals surface area contributed by atoms with Gasteiger partial charge in [0.1, 0.15) is 0 Å². The highest BCUT2D eigenvalue weighted by Gasteiger charge is 2.34. The van der Waals surface area contributed by atoms with Crippen LogP contribution in [-0.2, 0) is 12.7 Å². The number of hydrogen-bond donors (Lipinski definition) is 0. The number of rotatable bonds is 3. The Bertz CT molecular complexity index is 508. The van der Waals surface area contributed by atoms with E-state index in [1.165, 1.54) is 0 Å². The van der Waals surface area contributed by atoms with Gasteiger partial charge < -0.3 is 4.90 Å². The maximum Gasteiger partial charge on any atom is 0.434 e. The number of alkyl halides is 3. The molecular formula is C12H11F3N2S. The molecule has 18 heavy (non-hydrogen) atoms. The highest BCUT2D eigenvalue weighted by Crippen LogP contribution is 2.32. The van der Waals surface area contributed by atoms with Crippen LogP contribution in [0, 0.1) is 0 Å². The minimum atomic E-state index is -4.37. The molecule has 2 nitrogen and oxygen atoms in total. The molecule has 96 valence electrons. The second kappa shape index (κ2) is 4.97. The smallest absolute Gasteiger partial charge is 0.347 e. The van der Waals surface area contributed by atoms with Crippen molar-refractivity contribution >= 4 is 16.5 Å². The summed E-state index contributed by atoms with van der Waals surface area (Å²) in [5, 5.41) is 1.41. The number of hydrogen-bond acceptors (Lipinski definition) is 3. The number of anilines is 1. The molecule has 0 saturated carbocycles. The Morgan fingerprint density at radius 3 is 2.44 bits per heavy atom. The lowest BCUT2D eigenvalue weighted by atomic mass is 10.2. The number of thiazole rings is 1. The predicted octanol–water partition coefficient (Wildman–Crippen LogP) is 3.80. The molecule has 2 aromatic rings. The molecule has 2 rings (SSSR count). The van der Waals surface area contributed by atoms with E-state index < -0.39 is 11.9 Å². The molecule has 0 fully saturated rings. The Morgan fingerprint density at radius 1 is 1.22 bits per heavy atom. The van der Waals surface area contributed by atoms with E-state index in [-0.39, 0.29) is 0 Å². The van der Waals surface area contributed by atoms with Gasteiger partial charge in [0.25, 0.3) is 0 Å². The van der Waals surface area contributed by atoms with E-state index in [1.54, 1.807) is 11.9 Å². The molecule has 0 N–H and O–H groups in total. The highest BCUT2D eigenvalue weighted by atomic mass is 32.1. The molecule has 1 aromatic carbocycles. The van der Waals surface area contributed by atoms with Crippen molar-refractivity contribution in [2.24, 2.45) is 0 Å². The van der Waals surface area contributed by atoms with Crippen molar-refractivity contribution in [2.45, 2.75) is 12.7 Å². The van der Waals surface area contributed by atoms with Gasteiger partial charge in [-0.1, -0.05) is 30.3 Å². The topological polar surface area (TPSA) is 16.1 Å². The molecule has 1 heterocycles.